The SMILES string of the molecule is CC1(C)c2cccc3c2[C@@H](N[S+]1[O-])C1(CCN(c2cnc(Sc4ccnc(N)c4Cl)c(N)n2)CC1)C3. The maximum absolute atomic E-state index is 13.2. The molecule has 1 aromatic carbocycles. The van der Waals surface area contributed by atoms with Crippen molar-refractivity contribution in [1.82, 2.24) is 19.7 Å². The van der Waals surface area contributed by atoms with E-state index in [9.17, 15) is 4.55 Å². The molecule has 36 heavy (non-hydrogen) atoms. The van der Waals surface area contributed by atoms with Crippen molar-refractivity contribution in [2.24, 2.45) is 5.41 Å². The molecule has 1 aliphatic carbocycles. The van der Waals surface area contributed by atoms with Gasteiger partial charge in [-0.2, -0.15) is 0 Å². The summed E-state index contributed by atoms with van der Waals surface area (Å²) in [4.78, 5) is 16.2. The van der Waals surface area contributed by atoms with Gasteiger partial charge in [-0.05, 0) is 50.3 Å². The number of hydrogen-bond donors (Lipinski definition) is 3. The zero-order valence-corrected chi connectivity index (χ0v) is 22.5. The number of pyridine rings is 1. The van der Waals surface area contributed by atoms with Crippen LogP contribution in [0.5, 0.6) is 0 Å². The van der Waals surface area contributed by atoms with E-state index in [1.165, 1.54) is 28.5 Å². The van der Waals surface area contributed by atoms with Crippen LogP contribution in [0.25, 0.3) is 0 Å². The van der Waals surface area contributed by atoms with E-state index in [2.05, 4.69) is 56.6 Å². The normalized spacial score (nSPS) is 23.6. The van der Waals surface area contributed by atoms with Gasteiger partial charge in [0.2, 0.25) is 0 Å². The summed E-state index contributed by atoms with van der Waals surface area (Å²) in [6.07, 6.45) is 6.33. The molecule has 1 saturated heterocycles. The zero-order valence-electron chi connectivity index (χ0n) is 20.1. The maximum Gasteiger partial charge on any atom is 0.164 e. The van der Waals surface area contributed by atoms with E-state index in [4.69, 9.17) is 23.1 Å². The third-order valence-corrected chi connectivity index (χ3v) is 11.1. The third kappa shape index (κ3) is 3.73. The fourth-order valence-electron chi connectivity index (χ4n) is 5.84. The van der Waals surface area contributed by atoms with Crippen molar-refractivity contribution in [3.05, 3.63) is 58.4 Å². The van der Waals surface area contributed by atoms with Gasteiger partial charge >= 0.3 is 0 Å². The third-order valence-electron chi connectivity index (χ3n) is 7.90. The molecular weight excluding hydrogens is 514 g/mol. The largest absolute Gasteiger partial charge is 0.597 e. The van der Waals surface area contributed by atoms with Crippen LogP contribution in [-0.4, -0.2) is 32.6 Å². The molecule has 2 atom stereocenters. The Morgan fingerprint density at radius 3 is 2.69 bits per heavy atom. The van der Waals surface area contributed by atoms with Gasteiger partial charge in [-0.3, -0.25) is 0 Å². The van der Waals surface area contributed by atoms with Crippen LogP contribution in [0, 0.1) is 5.41 Å². The second-order valence-corrected chi connectivity index (χ2v) is 13.5. The number of anilines is 3. The summed E-state index contributed by atoms with van der Waals surface area (Å²) < 4.78 is 16.3. The Morgan fingerprint density at radius 2 is 1.94 bits per heavy atom. The Morgan fingerprint density at radius 1 is 1.17 bits per heavy atom. The fraction of sp³-hybridized carbons (Fsp3) is 0.400. The highest BCUT2D eigenvalue weighted by Crippen LogP contribution is 2.57. The first kappa shape index (κ1) is 24.1. The molecule has 1 unspecified atom stereocenters. The number of nitrogen functional groups attached to an aromatic ring is 2. The molecule has 188 valence electrons. The summed E-state index contributed by atoms with van der Waals surface area (Å²) in [6, 6.07) is 8.41. The minimum absolute atomic E-state index is 0.0495. The molecule has 11 heteroatoms. The number of piperidine rings is 1. The van der Waals surface area contributed by atoms with Gasteiger partial charge in [0.25, 0.3) is 0 Å². The van der Waals surface area contributed by atoms with E-state index in [1.54, 1.807) is 18.5 Å². The highest BCUT2D eigenvalue weighted by Gasteiger charge is 2.56. The first-order valence-electron chi connectivity index (χ1n) is 12.0. The quantitative estimate of drug-likeness (QED) is 0.417. The van der Waals surface area contributed by atoms with Crippen molar-refractivity contribution in [2.45, 2.75) is 53.8 Å². The van der Waals surface area contributed by atoms with Crippen molar-refractivity contribution in [2.75, 3.05) is 29.5 Å². The molecule has 0 saturated carbocycles. The number of hydrogen-bond acceptors (Lipinski definition) is 9. The van der Waals surface area contributed by atoms with Crippen molar-refractivity contribution in [1.29, 1.82) is 0 Å². The number of halogens is 1. The predicted octanol–water partition coefficient (Wildman–Crippen LogP) is 4.23. The van der Waals surface area contributed by atoms with Crippen LogP contribution in [0.3, 0.4) is 0 Å². The van der Waals surface area contributed by atoms with Crippen LogP contribution in [0.15, 0.2) is 46.6 Å². The van der Waals surface area contributed by atoms with E-state index in [0.717, 1.165) is 43.1 Å². The smallest absolute Gasteiger partial charge is 0.164 e. The topological polar surface area (TPSA) is 129 Å². The van der Waals surface area contributed by atoms with E-state index in [0.29, 0.717) is 15.9 Å². The lowest BCUT2D eigenvalue weighted by Gasteiger charge is -2.46. The summed E-state index contributed by atoms with van der Waals surface area (Å²) in [5.74, 6) is 1.39. The number of nitrogens with one attached hydrogen (secondary N) is 1. The Hall–Kier alpha value is -2.24. The first-order valence-corrected chi connectivity index (χ1v) is 14.3. The van der Waals surface area contributed by atoms with Gasteiger partial charge in [0.1, 0.15) is 16.7 Å². The van der Waals surface area contributed by atoms with Gasteiger partial charge in [-0.25, -0.2) is 15.0 Å². The lowest BCUT2D eigenvalue weighted by Crippen LogP contribution is -2.52. The number of nitrogens with zero attached hydrogens (tertiary/aromatic N) is 4. The molecule has 8 nitrogen and oxygen atoms in total. The number of nitrogens with two attached hydrogens (primary N) is 2. The van der Waals surface area contributed by atoms with Crippen molar-refractivity contribution in [3.8, 4) is 0 Å². The van der Waals surface area contributed by atoms with E-state index in [-0.39, 0.29) is 17.3 Å². The average Bonchev–Trinajstić information content (AvgIpc) is 3.15. The van der Waals surface area contributed by atoms with E-state index >= 15 is 0 Å². The Labute approximate surface area is 222 Å². The number of aromatic nitrogens is 3. The summed E-state index contributed by atoms with van der Waals surface area (Å²) in [5.41, 5.74) is 16.1. The van der Waals surface area contributed by atoms with Gasteiger partial charge in [-0.1, -0.05) is 41.6 Å². The van der Waals surface area contributed by atoms with Crippen molar-refractivity contribution >= 4 is 52.2 Å². The lowest BCUT2D eigenvalue weighted by atomic mass is 9.72. The molecule has 0 bridgehead atoms. The summed E-state index contributed by atoms with van der Waals surface area (Å²) >= 11 is 6.46. The minimum Gasteiger partial charge on any atom is -0.597 e. The van der Waals surface area contributed by atoms with Crippen LogP contribution in [-0.2, 0) is 22.5 Å². The Kier molecular flexibility index (Phi) is 5.80. The molecule has 3 aromatic rings. The Balaban J connectivity index is 1.20. The molecule has 5 N–H and O–H groups in total. The van der Waals surface area contributed by atoms with Crippen LogP contribution in [0.4, 0.5) is 17.5 Å². The van der Waals surface area contributed by atoms with Crippen LogP contribution < -0.4 is 21.1 Å². The zero-order chi connectivity index (χ0) is 25.2. The fourth-order valence-corrected chi connectivity index (χ4v) is 8.11. The minimum atomic E-state index is -1.13. The molecule has 6 rings (SSSR count). The van der Waals surface area contributed by atoms with Gasteiger partial charge < -0.3 is 20.9 Å². The highest BCUT2D eigenvalue weighted by atomic mass is 35.5. The number of benzene rings is 1. The van der Waals surface area contributed by atoms with Gasteiger partial charge in [0.15, 0.2) is 10.6 Å². The molecule has 2 aliphatic heterocycles. The molecule has 1 spiro atoms. The maximum atomic E-state index is 13.2. The second kappa shape index (κ2) is 8.66. The molecule has 3 aliphatic rings. The number of fused-ring (bicyclic) bond motifs is 1. The second-order valence-electron chi connectivity index (χ2n) is 10.3. The van der Waals surface area contributed by atoms with Crippen LogP contribution in [0.2, 0.25) is 5.02 Å². The van der Waals surface area contributed by atoms with Gasteiger partial charge in [-0.15, -0.1) is 4.72 Å². The molecule has 0 amide bonds. The number of rotatable bonds is 3. The molecule has 1 fully saturated rings. The summed E-state index contributed by atoms with van der Waals surface area (Å²) in [7, 11) is 0. The van der Waals surface area contributed by atoms with E-state index in [1.807, 2.05) is 0 Å². The van der Waals surface area contributed by atoms with Crippen molar-refractivity contribution in [3.63, 3.8) is 0 Å². The van der Waals surface area contributed by atoms with E-state index < -0.39 is 16.1 Å². The summed E-state index contributed by atoms with van der Waals surface area (Å²) in [5, 5.41) is 0.963. The average molecular weight is 542 g/mol. The van der Waals surface area contributed by atoms with Crippen LogP contribution in [0.1, 0.15) is 49.4 Å². The van der Waals surface area contributed by atoms with Gasteiger partial charge in [0.05, 0.1) is 17.3 Å². The standard InChI is InChI=1S/C25H28ClN7OS2/c1-24(2)15-5-3-4-14-12-25(20(18(14)15)32-36(24)34)7-10-33(11-8-25)17-13-30-23(22(28)31-17)35-16-6-9-29-21(27)19(16)26/h3-6,9,13,20,32H,7-8,10-12H2,1-2H3,(H2,27,29)(H2,28,31)/t20-,36?/m1/s1. The monoisotopic (exact) mass is 541 g/mol. The highest BCUT2D eigenvalue weighted by molar-refractivity contribution is 7.99. The van der Waals surface area contributed by atoms with Gasteiger partial charge in [0, 0.05) is 46.5 Å². The van der Waals surface area contributed by atoms with Crippen LogP contribution >= 0.6 is 23.4 Å². The Bertz CT molecular complexity index is 1350. The first-order chi connectivity index (χ1) is 17.2. The molecule has 2 aromatic heterocycles. The molecule has 4 heterocycles. The predicted molar refractivity (Wildman–Crippen MR) is 145 cm³/mol. The summed E-state index contributed by atoms with van der Waals surface area (Å²) in [6.45, 7) is 5.81. The lowest BCUT2D eigenvalue weighted by molar-refractivity contribution is 0.173. The molecule has 0 radical (unpaired) electrons. The molecular formula is C25H28ClN7OS2. The van der Waals surface area contributed by atoms with Crippen molar-refractivity contribution < 1.29 is 4.55 Å².